The molecule has 0 atom stereocenters. The second-order valence-corrected chi connectivity index (χ2v) is 5.85. The van der Waals surface area contributed by atoms with E-state index in [2.05, 4.69) is 22.6 Å². The molecule has 0 aromatic heterocycles. The molecule has 0 saturated carbocycles. The van der Waals surface area contributed by atoms with E-state index in [1.807, 2.05) is 47.4 Å². The van der Waals surface area contributed by atoms with Crippen LogP contribution in [0, 0.1) is 3.57 Å². The second-order valence-electron chi connectivity index (χ2n) is 4.61. The molecule has 2 N–H and O–H groups in total. The molecule has 1 aliphatic rings. The number of anilines is 2. The topological polar surface area (TPSA) is 46.3 Å². The first-order valence-corrected chi connectivity index (χ1v) is 7.19. The highest BCUT2D eigenvalue weighted by molar-refractivity contribution is 14.1. The van der Waals surface area contributed by atoms with Crippen LogP contribution in [0.15, 0.2) is 42.5 Å². The number of amides is 1. The summed E-state index contributed by atoms with van der Waals surface area (Å²) in [6.07, 6.45) is 0.894. The van der Waals surface area contributed by atoms with E-state index in [4.69, 9.17) is 5.73 Å². The molecule has 3 rings (SSSR count). The summed E-state index contributed by atoms with van der Waals surface area (Å²) < 4.78 is 1.07. The van der Waals surface area contributed by atoms with Crippen LogP contribution in [0.5, 0.6) is 0 Å². The maximum absolute atomic E-state index is 12.6. The van der Waals surface area contributed by atoms with Crippen LogP contribution in [0.1, 0.15) is 15.9 Å². The fraction of sp³-hybridized carbons (Fsp3) is 0.133. The van der Waals surface area contributed by atoms with Gasteiger partial charge >= 0.3 is 0 Å². The van der Waals surface area contributed by atoms with Crippen LogP contribution < -0.4 is 10.6 Å². The smallest absolute Gasteiger partial charge is 0.258 e. The number of carbonyl (C=O) groups is 1. The number of carbonyl (C=O) groups excluding carboxylic acids is 1. The third-order valence-electron chi connectivity index (χ3n) is 3.32. The molecule has 0 fully saturated rings. The molecule has 0 spiro atoms. The van der Waals surface area contributed by atoms with Crippen molar-refractivity contribution in [3.8, 4) is 0 Å². The minimum Gasteiger partial charge on any atom is -0.399 e. The van der Waals surface area contributed by atoms with Crippen LogP contribution in [0.3, 0.4) is 0 Å². The molecular formula is C15H13IN2O. The summed E-state index contributed by atoms with van der Waals surface area (Å²) in [6.45, 7) is 0.725. The van der Waals surface area contributed by atoms with Crippen molar-refractivity contribution >= 4 is 39.9 Å². The quantitative estimate of drug-likeness (QED) is 0.625. The third-order valence-corrected chi connectivity index (χ3v) is 3.99. The molecule has 19 heavy (non-hydrogen) atoms. The highest BCUT2D eigenvalue weighted by Gasteiger charge is 2.25. The van der Waals surface area contributed by atoms with Crippen molar-refractivity contribution in [1.82, 2.24) is 0 Å². The second kappa shape index (κ2) is 4.85. The molecule has 0 unspecified atom stereocenters. The summed E-state index contributed by atoms with van der Waals surface area (Å²) in [4.78, 5) is 14.4. The number of nitrogen functional groups attached to an aromatic ring is 1. The highest BCUT2D eigenvalue weighted by atomic mass is 127. The van der Waals surface area contributed by atoms with Crippen LogP contribution >= 0.6 is 22.6 Å². The van der Waals surface area contributed by atoms with Crippen LogP contribution in [-0.4, -0.2) is 12.5 Å². The molecule has 1 heterocycles. The van der Waals surface area contributed by atoms with Gasteiger partial charge in [0.25, 0.3) is 5.91 Å². The predicted octanol–water partition coefficient (Wildman–Crippen LogP) is 3.08. The van der Waals surface area contributed by atoms with Crippen molar-refractivity contribution in [3.63, 3.8) is 0 Å². The first kappa shape index (κ1) is 12.5. The number of rotatable bonds is 1. The van der Waals surface area contributed by atoms with E-state index in [-0.39, 0.29) is 5.91 Å². The average Bonchev–Trinajstić information content (AvgIpc) is 2.80. The molecule has 96 valence electrons. The molecule has 2 aromatic carbocycles. The Morgan fingerprint density at radius 3 is 2.84 bits per heavy atom. The zero-order valence-electron chi connectivity index (χ0n) is 10.3. The van der Waals surface area contributed by atoms with Crippen LogP contribution in [0.2, 0.25) is 0 Å². The van der Waals surface area contributed by atoms with E-state index < -0.39 is 0 Å². The van der Waals surface area contributed by atoms with Crippen molar-refractivity contribution in [2.45, 2.75) is 6.42 Å². The predicted molar refractivity (Wildman–Crippen MR) is 85.4 cm³/mol. The molecule has 1 amide bonds. The lowest BCUT2D eigenvalue weighted by molar-refractivity contribution is 0.0989. The van der Waals surface area contributed by atoms with Gasteiger partial charge < -0.3 is 10.6 Å². The van der Waals surface area contributed by atoms with Gasteiger partial charge in [-0.15, -0.1) is 0 Å². The Morgan fingerprint density at radius 1 is 1.21 bits per heavy atom. The van der Waals surface area contributed by atoms with Gasteiger partial charge in [0.2, 0.25) is 0 Å². The molecular weight excluding hydrogens is 351 g/mol. The van der Waals surface area contributed by atoms with Gasteiger partial charge in [-0.25, -0.2) is 0 Å². The first-order valence-electron chi connectivity index (χ1n) is 6.11. The number of nitrogens with two attached hydrogens (primary N) is 1. The largest absolute Gasteiger partial charge is 0.399 e. The van der Waals surface area contributed by atoms with Gasteiger partial charge in [-0.05, 0) is 64.9 Å². The van der Waals surface area contributed by atoms with Crippen molar-refractivity contribution in [3.05, 3.63) is 57.2 Å². The van der Waals surface area contributed by atoms with E-state index in [1.165, 1.54) is 5.56 Å². The monoisotopic (exact) mass is 364 g/mol. The Morgan fingerprint density at radius 2 is 2.05 bits per heavy atom. The summed E-state index contributed by atoms with van der Waals surface area (Å²) >= 11 is 2.22. The Bertz CT molecular complexity index is 654. The summed E-state index contributed by atoms with van der Waals surface area (Å²) in [5.74, 6) is 0.0443. The third kappa shape index (κ3) is 2.32. The molecule has 0 aliphatic carbocycles. The Balaban J connectivity index is 1.97. The van der Waals surface area contributed by atoms with Crippen LogP contribution in [0.25, 0.3) is 0 Å². The zero-order chi connectivity index (χ0) is 13.4. The van der Waals surface area contributed by atoms with Gasteiger partial charge in [0.05, 0.1) is 0 Å². The van der Waals surface area contributed by atoms with E-state index in [0.29, 0.717) is 5.69 Å². The molecule has 1 aliphatic heterocycles. The van der Waals surface area contributed by atoms with Crippen molar-refractivity contribution in [2.24, 2.45) is 0 Å². The van der Waals surface area contributed by atoms with Crippen molar-refractivity contribution in [2.75, 3.05) is 17.2 Å². The Hall–Kier alpha value is -1.56. The van der Waals surface area contributed by atoms with Gasteiger partial charge in [-0.2, -0.15) is 0 Å². The van der Waals surface area contributed by atoms with Gasteiger partial charge in [0, 0.05) is 27.1 Å². The molecule has 3 nitrogen and oxygen atoms in total. The van der Waals surface area contributed by atoms with E-state index in [1.54, 1.807) is 0 Å². The number of nitrogens with zero attached hydrogens (tertiary/aromatic N) is 1. The maximum Gasteiger partial charge on any atom is 0.258 e. The SMILES string of the molecule is Nc1ccc2c(c1)N(C(=O)c1cccc(I)c1)CC2. The molecule has 4 heteroatoms. The number of halogens is 1. The van der Waals surface area contributed by atoms with Crippen molar-refractivity contribution in [1.29, 1.82) is 0 Å². The average molecular weight is 364 g/mol. The lowest BCUT2D eigenvalue weighted by Gasteiger charge is -2.17. The lowest BCUT2D eigenvalue weighted by Crippen LogP contribution is -2.28. The Labute approximate surface area is 125 Å². The van der Waals surface area contributed by atoms with Crippen LogP contribution in [0.4, 0.5) is 11.4 Å². The summed E-state index contributed by atoms with van der Waals surface area (Å²) in [7, 11) is 0. The summed E-state index contributed by atoms with van der Waals surface area (Å²) in [6, 6.07) is 13.4. The van der Waals surface area contributed by atoms with Gasteiger partial charge in [0.15, 0.2) is 0 Å². The summed E-state index contributed by atoms with van der Waals surface area (Å²) in [5.41, 5.74) is 9.37. The first-order chi connectivity index (χ1) is 9.15. The normalized spacial score (nSPS) is 13.4. The number of hydrogen-bond acceptors (Lipinski definition) is 2. The minimum atomic E-state index is 0.0443. The van der Waals surface area contributed by atoms with Crippen molar-refractivity contribution < 1.29 is 4.79 Å². The fourth-order valence-electron chi connectivity index (χ4n) is 2.38. The van der Waals surface area contributed by atoms with E-state index in [0.717, 1.165) is 27.8 Å². The standard InChI is InChI=1S/C15H13IN2O/c16-12-3-1-2-11(8-12)15(19)18-7-6-10-4-5-13(17)9-14(10)18/h1-5,8-9H,6-7,17H2. The highest BCUT2D eigenvalue weighted by Crippen LogP contribution is 2.31. The zero-order valence-corrected chi connectivity index (χ0v) is 12.4. The maximum atomic E-state index is 12.6. The van der Waals surface area contributed by atoms with E-state index >= 15 is 0 Å². The fourth-order valence-corrected chi connectivity index (χ4v) is 2.93. The van der Waals surface area contributed by atoms with Gasteiger partial charge in [-0.3, -0.25) is 4.79 Å². The molecule has 0 bridgehead atoms. The number of fused-ring (bicyclic) bond motifs is 1. The van der Waals surface area contributed by atoms with Gasteiger partial charge in [-0.1, -0.05) is 12.1 Å². The molecule has 0 saturated heterocycles. The molecule has 2 aromatic rings. The van der Waals surface area contributed by atoms with Gasteiger partial charge in [0.1, 0.15) is 0 Å². The summed E-state index contributed by atoms with van der Waals surface area (Å²) in [5, 5.41) is 0. The van der Waals surface area contributed by atoms with Crippen LogP contribution in [-0.2, 0) is 6.42 Å². The Kier molecular flexibility index (Phi) is 3.18. The van der Waals surface area contributed by atoms with E-state index in [9.17, 15) is 4.79 Å². The number of benzene rings is 2. The number of hydrogen-bond donors (Lipinski definition) is 1. The molecule has 0 radical (unpaired) electrons. The minimum absolute atomic E-state index is 0.0443. The lowest BCUT2D eigenvalue weighted by atomic mass is 10.1.